The quantitative estimate of drug-likeness (QED) is 0.221. The number of anilines is 3. The Morgan fingerprint density at radius 3 is 3.00 bits per heavy atom. The molecule has 11 heteroatoms. The van der Waals surface area contributed by atoms with E-state index >= 15 is 0 Å². The summed E-state index contributed by atoms with van der Waals surface area (Å²) in [5.74, 6) is 1.10. The van der Waals surface area contributed by atoms with Crippen LogP contribution in [0.15, 0.2) is 54.9 Å². The molecule has 1 saturated heterocycles. The molecule has 0 unspecified atom stereocenters. The van der Waals surface area contributed by atoms with Crippen molar-refractivity contribution in [1.29, 1.82) is 0 Å². The zero-order chi connectivity index (χ0) is 26.3. The van der Waals surface area contributed by atoms with Gasteiger partial charge in [0.1, 0.15) is 23.7 Å². The fraction of sp³-hybridized carbons (Fsp3) is 0.333. The number of rotatable bonds is 11. The number of benzene rings is 2. The lowest BCUT2D eigenvalue weighted by atomic mass is 10.2. The number of carbonyl (C=O) groups is 1. The number of H-pyrrole nitrogens is 1. The number of nitrogens with one attached hydrogen (secondary N) is 3. The second-order valence-electron chi connectivity index (χ2n) is 9.26. The van der Waals surface area contributed by atoms with Crippen LogP contribution >= 0.6 is 0 Å². The Hall–Kier alpha value is -4.09. The van der Waals surface area contributed by atoms with Gasteiger partial charge in [0.15, 0.2) is 5.82 Å². The normalized spacial score (nSPS) is 15.6. The molecular weight excluding hydrogens is 489 g/mol. The third-order valence-electron chi connectivity index (χ3n) is 6.51. The van der Waals surface area contributed by atoms with E-state index in [1.54, 1.807) is 12.1 Å². The van der Waals surface area contributed by atoms with Gasteiger partial charge in [-0.2, -0.15) is 5.10 Å². The molecule has 0 aliphatic carbocycles. The van der Waals surface area contributed by atoms with E-state index in [0.29, 0.717) is 29.6 Å². The first kappa shape index (κ1) is 25.6. The van der Waals surface area contributed by atoms with E-state index in [2.05, 4.69) is 35.7 Å². The van der Waals surface area contributed by atoms with Gasteiger partial charge in [-0.25, -0.2) is 14.4 Å². The maximum atomic E-state index is 13.3. The molecule has 0 bridgehead atoms. The van der Waals surface area contributed by atoms with Crippen molar-refractivity contribution in [2.75, 3.05) is 36.9 Å². The minimum absolute atomic E-state index is 0.0504. The Morgan fingerprint density at radius 1 is 1.21 bits per heavy atom. The largest absolute Gasteiger partial charge is 0.493 e. The highest BCUT2D eigenvalue weighted by atomic mass is 19.1. The van der Waals surface area contributed by atoms with Gasteiger partial charge in [0.05, 0.1) is 25.2 Å². The first-order valence-electron chi connectivity index (χ1n) is 12.7. The smallest absolute Gasteiger partial charge is 0.230 e. The van der Waals surface area contributed by atoms with Gasteiger partial charge in [0.2, 0.25) is 5.91 Å². The summed E-state index contributed by atoms with van der Waals surface area (Å²) in [6, 6.07) is 13.4. The Morgan fingerprint density at radius 2 is 2.13 bits per heavy atom. The molecule has 2 aromatic heterocycles. The molecule has 10 nitrogen and oxygen atoms in total. The molecule has 1 amide bonds. The number of halogens is 1. The molecule has 2 aromatic carbocycles. The number of aromatic nitrogens is 4. The second-order valence-corrected chi connectivity index (χ2v) is 9.26. The van der Waals surface area contributed by atoms with Crippen LogP contribution in [0.25, 0.3) is 10.9 Å². The van der Waals surface area contributed by atoms with Crippen LogP contribution < -0.4 is 15.4 Å². The van der Waals surface area contributed by atoms with Crippen LogP contribution in [0.1, 0.15) is 25.0 Å². The van der Waals surface area contributed by atoms with Crippen molar-refractivity contribution in [3.05, 3.63) is 66.4 Å². The molecule has 4 aromatic rings. The lowest BCUT2D eigenvalue weighted by molar-refractivity contribution is -0.115. The lowest BCUT2D eigenvalue weighted by Gasteiger charge is -2.22. The molecule has 3 heterocycles. The van der Waals surface area contributed by atoms with Crippen LogP contribution in [0, 0.1) is 5.82 Å². The lowest BCUT2D eigenvalue weighted by Crippen LogP contribution is -2.33. The van der Waals surface area contributed by atoms with Crippen molar-refractivity contribution in [2.45, 2.75) is 31.7 Å². The molecule has 0 spiro atoms. The molecule has 38 heavy (non-hydrogen) atoms. The highest BCUT2D eigenvalue weighted by Gasteiger charge is 2.22. The maximum absolute atomic E-state index is 13.3. The summed E-state index contributed by atoms with van der Waals surface area (Å²) in [5, 5.41) is 23.2. The fourth-order valence-corrected chi connectivity index (χ4v) is 4.66. The van der Waals surface area contributed by atoms with Crippen molar-refractivity contribution >= 4 is 34.1 Å². The summed E-state index contributed by atoms with van der Waals surface area (Å²) in [6.07, 6.45) is 4.60. The van der Waals surface area contributed by atoms with Crippen LogP contribution in [-0.2, 0) is 11.2 Å². The van der Waals surface area contributed by atoms with Gasteiger partial charge in [-0.1, -0.05) is 6.07 Å². The van der Waals surface area contributed by atoms with Gasteiger partial charge in [0.25, 0.3) is 0 Å². The van der Waals surface area contributed by atoms with Crippen molar-refractivity contribution in [2.24, 2.45) is 0 Å². The molecule has 1 fully saturated rings. The van der Waals surface area contributed by atoms with E-state index in [0.717, 1.165) is 49.0 Å². The van der Waals surface area contributed by atoms with Crippen LogP contribution in [-0.4, -0.2) is 68.4 Å². The number of aromatic amines is 1. The molecule has 4 N–H and O–H groups in total. The van der Waals surface area contributed by atoms with E-state index in [1.807, 2.05) is 18.2 Å². The Bertz CT molecular complexity index is 1400. The molecule has 0 saturated carbocycles. The molecule has 0 radical (unpaired) electrons. The van der Waals surface area contributed by atoms with Crippen LogP contribution in [0.2, 0.25) is 0 Å². The van der Waals surface area contributed by atoms with Gasteiger partial charge in [-0.05, 0) is 56.1 Å². The summed E-state index contributed by atoms with van der Waals surface area (Å²) < 4.78 is 19.3. The fourth-order valence-electron chi connectivity index (χ4n) is 4.66. The van der Waals surface area contributed by atoms with Gasteiger partial charge in [-0.3, -0.25) is 14.8 Å². The van der Waals surface area contributed by atoms with Crippen LogP contribution in [0.3, 0.4) is 0 Å². The molecular formula is C27H30FN7O3. The Balaban J connectivity index is 1.16. The topological polar surface area (TPSA) is 128 Å². The molecule has 1 aliphatic heterocycles. The van der Waals surface area contributed by atoms with E-state index in [9.17, 15) is 14.3 Å². The number of hydrogen-bond donors (Lipinski definition) is 4. The minimum atomic E-state index is -0.416. The molecule has 5 rings (SSSR count). The third kappa shape index (κ3) is 6.42. The number of amides is 1. The number of ether oxygens (including phenoxy) is 1. The first-order valence-corrected chi connectivity index (χ1v) is 12.7. The maximum Gasteiger partial charge on any atom is 0.230 e. The summed E-state index contributed by atoms with van der Waals surface area (Å²) in [6.45, 7) is 2.74. The van der Waals surface area contributed by atoms with Crippen molar-refractivity contribution in [3.8, 4) is 5.75 Å². The second kappa shape index (κ2) is 12.0. The zero-order valence-electron chi connectivity index (χ0n) is 20.9. The minimum Gasteiger partial charge on any atom is -0.493 e. The first-order chi connectivity index (χ1) is 18.6. The van der Waals surface area contributed by atoms with Crippen molar-refractivity contribution < 1.29 is 19.0 Å². The summed E-state index contributed by atoms with van der Waals surface area (Å²) in [5.41, 5.74) is 1.71. The van der Waals surface area contributed by atoms with Gasteiger partial charge < -0.3 is 20.5 Å². The monoisotopic (exact) mass is 519 g/mol. The average Bonchev–Trinajstić information content (AvgIpc) is 3.55. The standard InChI is InChI=1S/C27H30FN7O3/c28-18-4-1-5-19(12-18)31-26(37)14-20-13-25(34-33-20)32-27-23-8-7-22(15-24(23)29-17-30-27)38-11-3-10-35-9-2-6-21(35)16-36/h1,4-5,7-8,12-13,15,17,21,36H,2-3,6,9-11,14,16H2,(H,31,37)(H2,29,30,32,33,34)/t21-/m0/s1. The number of aliphatic hydroxyl groups is 1. The van der Waals surface area contributed by atoms with Crippen molar-refractivity contribution in [1.82, 2.24) is 25.1 Å². The average molecular weight is 520 g/mol. The van der Waals surface area contributed by atoms with Gasteiger partial charge in [0, 0.05) is 41.5 Å². The summed E-state index contributed by atoms with van der Waals surface area (Å²) in [7, 11) is 0. The SMILES string of the molecule is O=C(Cc1cc(Nc2ncnc3cc(OCCCN4CCC[C@H]4CO)ccc23)n[nH]1)Nc1cccc(F)c1. The van der Waals surface area contributed by atoms with E-state index < -0.39 is 5.82 Å². The highest BCUT2D eigenvalue weighted by Crippen LogP contribution is 2.26. The highest BCUT2D eigenvalue weighted by molar-refractivity contribution is 5.93. The summed E-state index contributed by atoms with van der Waals surface area (Å²) >= 11 is 0. The van der Waals surface area contributed by atoms with E-state index in [1.165, 1.54) is 24.5 Å². The number of carbonyl (C=O) groups excluding carboxylic acids is 1. The van der Waals surface area contributed by atoms with E-state index in [4.69, 9.17) is 4.74 Å². The Kier molecular flexibility index (Phi) is 8.05. The predicted molar refractivity (Wildman–Crippen MR) is 142 cm³/mol. The zero-order valence-corrected chi connectivity index (χ0v) is 20.9. The van der Waals surface area contributed by atoms with E-state index in [-0.39, 0.29) is 25.0 Å². The molecule has 1 aliphatic rings. The number of fused-ring (bicyclic) bond motifs is 1. The van der Waals surface area contributed by atoms with Crippen LogP contribution in [0.5, 0.6) is 5.75 Å². The number of likely N-dealkylation sites (tertiary alicyclic amines) is 1. The predicted octanol–water partition coefficient (Wildman–Crippen LogP) is 3.64. The summed E-state index contributed by atoms with van der Waals surface area (Å²) in [4.78, 5) is 23.4. The van der Waals surface area contributed by atoms with Crippen molar-refractivity contribution in [3.63, 3.8) is 0 Å². The van der Waals surface area contributed by atoms with Crippen LogP contribution in [0.4, 0.5) is 21.7 Å². The number of aliphatic hydroxyl groups excluding tert-OH is 1. The molecule has 1 atom stereocenters. The Labute approximate surface area is 219 Å². The third-order valence-corrected chi connectivity index (χ3v) is 6.51. The van der Waals surface area contributed by atoms with Gasteiger partial charge >= 0.3 is 0 Å². The number of hydrogen-bond acceptors (Lipinski definition) is 8. The van der Waals surface area contributed by atoms with Gasteiger partial charge in [-0.15, -0.1) is 0 Å². The molecule has 198 valence electrons. The number of nitrogens with zero attached hydrogens (tertiary/aromatic N) is 4.